The fourth-order valence-electron chi connectivity index (χ4n) is 7.49. The molecule has 9 heteroatoms. The van der Waals surface area contributed by atoms with Crippen molar-refractivity contribution in [3.63, 3.8) is 0 Å². The zero-order chi connectivity index (χ0) is 30.9. The minimum Gasteiger partial charge on any atom is -0.497 e. The Balaban J connectivity index is 1.22. The van der Waals surface area contributed by atoms with Gasteiger partial charge in [0.1, 0.15) is 11.3 Å². The Morgan fingerprint density at radius 1 is 1.07 bits per heavy atom. The molecule has 1 heterocycles. The number of nitrogens with one attached hydrogen (secondary N) is 1. The fourth-order valence-corrected chi connectivity index (χ4v) is 7.67. The normalized spacial score (nSPS) is 24.2. The van der Waals surface area contributed by atoms with Crippen molar-refractivity contribution in [2.24, 2.45) is 11.8 Å². The summed E-state index contributed by atoms with van der Waals surface area (Å²) < 4.78 is 43.2. The molecule has 1 spiro atoms. The number of methoxy groups -OCH3 is 2. The maximum atomic E-state index is 15.0. The van der Waals surface area contributed by atoms with E-state index in [2.05, 4.69) is 24.4 Å². The van der Waals surface area contributed by atoms with Crippen LogP contribution in [-0.4, -0.2) is 39.1 Å². The van der Waals surface area contributed by atoms with Crippen molar-refractivity contribution in [1.29, 1.82) is 0 Å². The number of benzene rings is 3. The summed E-state index contributed by atoms with van der Waals surface area (Å²) in [4.78, 5) is 13.3. The average Bonchev–Trinajstić information content (AvgIpc) is 3.61. The number of halogens is 2. The molecule has 2 aliphatic carbocycles. The minimum atomic E-state index is -1.07. The molecule has 7 nitrogen and oxygen atoms in total. The van der Waals surface area contributed by atoms with Gasteiger partial charge in [-0.1, -0.05) is 36.7 Å². The largest absolute Gasteiger partial charge is 0.497 e. The number of hydrogen-bond donors (Lipinski definition) is 1. The van der Waals surface area contributed by atoms with Crippen molar-refractivity contribution in [1.82, 2.24) is 0 Å². The molecule has 3 aromatic carbocycles. The minimum absolute atomic E-state index is 0.00588. The van der Waals surface area contributed by atoms with E-state index < -0.39 is 17.3 Å². The van der Waals surface area contributed by atoms with Gasteiger partial charge in [-0.05, 0) is 109 Å². The highest BCUT2D eigenvalue weighted by Crippen LogP contribution is 2.58. The standard InChI is InChI=1S/C35H39ClFNO6/c1-22(19-42-20-23-7-9-26(40-2)10-8-23)15-25-16-24-17-30-31(44-21-43-30)18-27(24)34(25)11-13-35(14-12-34,33(39)41-3)38-29-6-4-5-28(36)32(29)37/h4-10,17-18,22,25,38H,11-16,19-21H2,1-3H3/t22-,25?,34?,35?/m1/s1. The van der Waals surface area contributed by atoms with Gasteiger partial charge in [-0.2, -0.15) is 0 Å². The molecule has 1 saturated carbocycles. The van der Waals surface area contributed by atoms with Crippen LogP contribution < -0.4 is 19.5 Å². The first-order valence-electron chi connectivity index (χ1n) is 15.2. The number of anilines is 1. The molecule has 1 N–H and O–H groups in total. The van der Waals surface area contributed by atoms with Crippen molar-refractivity contribution in [3.8, 4) is 17.2 Å². The maximum Gasteiger partial charge on any atom is 0.331 e. The lowest BCUT2D eigenvalue weighted by atomic mass is 9.59. The molecule has 0 amide bonds. The topological polar surface area (TPSA) is 75.3 Å². The first-order chi connectivity index (χ1) is 21.3. The molecule has 1 fully saturated rings. The second kappa shape index (κ2) is 12.5. The van der Waals surface area contributed by atoms with Crippen LogP contribution in [0.5, 0.6) is 17.2 Å². The van der Waals surface area contributed by atoms with E-state index >= 15 is 0 Å². The third-order valence-corrected chi connectivity index (χ3v) is 10.1. The lowest BCUT2D eigenvalue weighted by molar-refractivity contribution is -0.148. The molecule has 2 atom stereocenters. The SMILES string of the molecule is COC(=O)C1(Nc2cccc(Cl)c2F)CCC2(CC1)c1cc3c(cc1CC2C[C@@H](C)COCc1ccc(OC)cc1)OCO3. The summed E-state index contributed by atoms with van der Waals surface area (Å²) in [6.45, 7) is 3.64. The molecule has 3 aliphatic rings. The van der Waals surface area contributed by atoms with E-state index in [9.17, 15) is 9.18 Å². The highest BCUT2D eigenvalue weighted by Gasteiger charge is 2.55. The lowest BCUT2D eigenvalue weighted by Crippen LogP contribution is -2.53. The van der Waals surface area contributed by atoms with Crippen molar-refractivity contribution < 1.29 is 32.9 Å². The van der Waals surface area contributed by atoms with Crippen LogP contribution >= 0.6 is 11.6 Å². The summed E-state index contributed by atoms with van der Waals surface area (Å²) in [6.07, 6.45) is 4.31. The van der Waals surface area contributed by atoms with E-state index in [0.29, 0.717) is 37.9 Å². The van der Waals surface area contributed by atoms with Gasteiger partial charge in [-0.25, -0.2) is 9.18 Å². The van der Waals surface area contributed by atoms with Crippen molar-refractivity contribution in [3.05, 3.63) is 82.1 Å². The van der Waals surface area contributed by atoms with Gasteiger partial charge in [0, 0.05) is 6.61 Å². The van der Waals surface area contributed by atoms with Crippen LogP contribution in [0.2, 0.25) is 5.02 Å². The van der Waals surface area contributed by atoms with Crippen LogP contribution in [0, 0.1) is 17.7 Å². The number of rotatable bonds is 10. The molecule has 234 valence electrons. The van der Waals surface area contributed by atoms with E-state index in [0.717, 1.165) is 48.5 Å². The molecule has 44 heavy (non-hydrogen) atoms. The van der Waals surface area contributed by atoms with Gasteiger partial charge in [0.15, 0.2) is 17.3 Å². The van der Waals surface area contributed by atoms with E-state index in [4.69, 9.17) is 35.3 Å². The number of carbonyl (C=O) groups excluding carboxylic acids is 1. The predicted octanol–water partition coefficient (Wildman–Crippen LogP) is 7.47. The molecule has 6 rings (SSSR count). The van der Waals surface area contributed by atoms with Gasteiger partial charge in [-0.15, -0.1) is 0 Å². The molecular formula is C35H39ClFNO6. The Morgan fingerprint density at radius 3 is 2.50 bits per heavy atom. The van der Waals surface area contributed by atoms with Gasteiger partial charge in [0.05, 0.1) is 31.5 Å². The third-order valence-electron chi connectivity index (χ3n) is 9.80. The Kier molecular flexibility index (Phi) is 8.66. The quantitative estimate of drug-likeness (QED) is 0.235. The van der Waals surface area contributed by atoms with E-state index in [-0.39, 0.29) is 22.9 Å². The Hall–Kier alpha value is -3.49. The van der Waals surface area contributed by atoms with E-state index in [1.165, 1.54) is 24.3 Å². The smallest absolute Gasteiger partial charge is 0.331 e. The molecular weight excluding hydrogens is 585 g/mol. The van der Waals surface area contributed by atoms with Crippen LogP contribution in [0.25, 0.3) is 0 Å². The van der Waals surface area contributed by atoms with Crippen LogP contribution in [0.15, 0.2) is 54.6 Å². The zero-order valence-corrected chi connectivity index (χ0v) is 26.2. The Bertz CT molecular complexity index is 1500. The maximum absolute atomic E-state index is 15.0. The van der Waals surface area contributed by atoms with Crippen LogP contribution in [0.1, 0.15) is 55.7 Å². The summed E-state index contributed by atoms with van der Waals surface area (Å²) >= 11 is 6.07. The average molecular weight is 624 g/mol. The van der Waals surface area contributed by atoms with Crippen LogP contribution in [-0.2, 0) is 32.7 Å². The second-order valence-electron chi connectivity index (χ2n) is 12.4. The van der Waals surface area contributed by atoms with Crippen molar-refractivity contribution in [2.75, 3.05) is 32.9 Å². The molecule has 0 radical (unpaired) electrons. The first kappa shape index (κ1) is 30.5. The fraction of sp³-hybridized carbons (Fsp3) is 0.457. The number of hydrogen-bond acceptors (Lipinski definition) is 7. The number of ether oxygens (including phenoxy) is 5. The first-order valence-corrected chi connectivity index (χ1v) is 15.6. The Morgan fingerprint density at radius 2 is 1.80 bits per heavy atom. The summed E-state index contributed by atoms with van der Waals surface area (Å²) in [6, 6.07) is 17.0. The van der Waals surface area contributed by atoms with Crippen LogP contribution in [0.4, 0.5) is 10.1 Å². The molecule has 1 aliphatic heterocycles. The van der Waals surface area contributed by atoms with Gasteiger partial charge in [-0.3, -0.25) is 0 Å². The van der Waals surface area contributed by atoms with Crippen LogP contribution in [0.3, 0.4) is 0 Å². The zero-order valence-electron chi connectivity index (χ0n) is 25.4. The molecule has 0 aromatic heterocycles. The van der Waals surface area contributed by atoms with Crippen molar-refractivity contribution >= 4 is 23.3 Å². The third kappa shape index (κ3) is 5.70. The van der Waals surface area contributed by atoms with E-state index in [1.54, 1.807) is 19.2 Å². The highest BCUT2D eigenvalue weighted by molar-refractivity contribution is 6.31. The summed E-state index contributed by atoms with van der Waals surface area (Å²) in [7, 11) is 3.04. The number of carbonyl (C=O) groups is 1. The van der Waals surface area contributed by atoms with Gasteiger partial charge in [0.25, 0.3) is 0 Å². The number of fused-ring (bicyclic) bond motifs is 3. The van der Waals surface area contributed by atoms with Gasteiger partial charge in [0.2, 0.25) is 6.79 Å². The lowest BCUT2D eigenvalue weighted by Gasteiger charge is -2.47. The molecule has 0 bridgehead atoms. The summed E-state index contributed by atoms with van der Waals surface area (Å²) in [5, 5.41) is 3.23. The second-order valence-corrected chi connectivity index (χ2v) is 12.8. The van der Waals surface area contributed by atoms with E-state index in [1.807, 2.05) is 24.3 Å². The van der Waals surface area contributed by atoms with Gasteiger partial charge < -0.3 is 29.0 Å². The van der Waals surface area contributed by atoms with Gasteiger partial charge >= 0.3 is 5.97 Å². The molecule has 3 aromatic rings. The van der Waals surface area contributed by atoms with Crippen molar-refractivity contribution in [2.45, 2.75) is 63.0 Å². The Labute approximate surface area is 262 Å². The number of esters is 1. The summed E-state index contributed by atoms with van der Waals surface area (Å²) in [5.74, 6) is 2.06. The highest BCUT2D eigenvalue weighted by atomic mass is 35.5. The molecule has 0 saturated heterocycles. The predicted molar refractivity (Wildman–Crippen MR) is 166 cm³/mol. The molecule has 1 unspecified atom stereocenters. The summed E-state index contributed by atoms with van der Waals surface area (Å²) in [5.41, 5.74) is 2.60. The monoisotopic (exact) mass is 623 g/mol.